The van der Waals surface area contributed by atoms with Crippen LogP contribution in [0.4, 0.5) is 0 Å². The smallest absolute Gasteiger partial charge is 0.123 e. The number of nitrogens with one attached hydrogen (secondary N) is 1. The summed E-state index contributed by atoms with van der Waals surface area (Å²) in [4.78, 5) is 0. The van der Waals surface area contributed by atoms with E-state index in [1.54, 1.807) is 0 Å². The van der Waals surface area contributed by atoms with E-state index in [9.17, 15) is 0 Å². The number of rotatable bonds is 6. The van der Waals surface area contributed by atoms with Gasteiger partial charge in [-0.3, -0.25) is 0 Å². The molecule has 2 nitrogen and oxygen atoms in total. The number of benzene rings is 1. The Morgan fingerprint density at radius 2 is 1.89 bits per heavy atom. The Kier molecular flexibility index (Phi) is 5.86. The number of aryl methyl sites for hydroxylation is 1. The van der Waals surface area contributed by atoms with Crippen molar-refractivity contribution >= 4 is 0 Å². The molecule has 1 rings (SSSR count). The molecule has 0 radical (unpaired) electrons. The lowest BCUT2D eigenvalue weighted by molar-refractivity contribution is 0.257. The molecule has 0 saturated carbocycles. The van der Waals surface area contributed by atoms with Gasteiger partial charge < -0.3 is 10.1 Å². The summed E-state index contributed by atoms with van der Waals surface area (Å²) >= 11 is 0. The molecule has 0 aliphatic carbocycles. The second-order valence-electron chi connectivity index (χ2n) is 6.22. The Labute approximate surface area is 118 Å². The van der Waals surface area contributed by atoms with Crippen LogP contribution in [0.5, 0.6) is 5.75 Å². The fourth-order valence-electron chi connectivity index (χ4n) is 2.16. The first kappa shape index (κ1) is 16.0. The van der Waals surface area contributed by atoms with Crippen LogP contribution in [0.2, 0.25) is 0 Å². The minimum absolute atomic E-state index is 0.112. The Bertz CT molecular complexity index is 393. The molecular weight excluding hydrogens is 234 g/mol. The first-order chi connectivity index (χ1) is 8.88. The average molecular weight is 263 g/mol. The van der Waals surface area contributed by atoms with Gasteiger partial charge >= 0.3 is 0 Å². The highest BCUT2D eigenvalue weighted by molar-refractivity contribution is 5.41. The summed E-state index contributed by atoms with van der Waals surface area (Å²) < 4.78 is 6.06. The molecule has 0 aliphatic heterocycles. The van der Waals surface area contributed by atoms with Gasteiger partial charge in [0.15, 0.2) is 0 Å². The molecule has 2 heteroatoms. The molecule has 0 heterocycles. The largest absolute Gasteiger partial charge is 0.492 e. The monoisotopic (exact) mass is 263 g/mol. The lowest BCUT2D eigenvalue weighted by atomic mass is 9.85. The Morgan fingerprint density at radius 3 is 2.42 bits per heavy atom. The second-order valence-corrected chi connectivity index (χ2v) is 6.22. The first-order valence-electron chi connectivity index (χ1n) is 7.35. The molecule has 0 amide bonds. The third kappa shape index (κ3) is 4.87. The normalized spacial score (nSPS) is 13.4. The highest BCUT2D eigenvalue weighted by Gasteiger charge is 2.19. The van der Waals surface area contributed by atoms with E-state index in [-0.39, 0.29) is 5.41 Å². The molecule has 0 spiro atoms. The average Bonchev–Trinajstić information content (AvgIpc) is 2.34. The Morgan fingerprint density at radius 1 is 1.21 bits per heavy atom. The molecule has 108 valence electrons. The molecule has 0 fully saturated rings. The van der Waals surface area contributed by atoms with Crippen LogP contribution in [0, 0.1) is 6.92 Å². The summed E-state index contributed by atoms with van der Waals surface area (Å²) in [6.07, 6.45) is 1.09. The molecule has 0 saturated heterocycles. The van der Waals surface area contributed by atoms with E-state index in [2.05, 4.69) is 65.1 Å². The molecular formula is C17H29NO. The maximum absolute atomic E-state index is 6.06. The minimum Gasteiger partial charge on any atom is -0.492 e. The number of hydrogen-bond acceptors (Lipinski definition) is 2. The van der Waals surface area contributed by atoms with Gasteiger partial charge in [-0.15, -0.1) is 0 Å². The summed E-state index contributed by atoms with van der Waals surface area (Å²) in [6, 6.07) is 6.90. The zero-order valence-electron chi connectivity index (χ0n) is 13.3. The van der Waals surface area contributed by atoms with Crippen LogP contribution >= 0.6 is 0 Å². The predicted molar refractivity (Wildman–Crippen MR) is 83.1 cm³/mol. The minimum atomic E-state index is 0.112. The highest BCUT2D eigenvalue weighted by Crippen LogP contribution is 2.32. The van der Waals surface area contributed by atoms with Gasteiger partial charge in [0.25, 0.3) is 0 Å². The third-order valence-electron chi connectivity index (χ3n) is 3.37. The van der Waals surface area contributed by atoms with Crippen molar-refractivity contribution in [1.82, 2.24) is 5.32 Å². The van der Waals surface area contributed by atoms with Crippen molar-refractivity contribution < 1.29 is 4.74 Å². The summed E-state index contributed by atoms with van der Waals surface area (Å²) in [5.41, 5.74) is 2.69. The molecule has 0 bridgehead atoms. The Balaban J connectivity index is 2.83. The van der Waals surface area contributed by atoms with Crippen LogP contribution in [0.15, 0.2) is 18.2 Å². The lowest BCUT2D eigenvalue weighted by Gasteiger charge is -2.25. The zero-order valence-corrected chi connectivity index (χ0v) is 13.3. The van der Waals surface area contributed by atoms with Gasteiger partial charge in [0, 0.05) is 6.04 Å². The topological polar surface area (TPSA) is 21.3 Å². The zero-order chi connectivity index (χ0) is 14.5. The quantitative estimate of drug-likeness (QED) is 0.835. The van der Waals surface area contributed by atoms with Crippen LogP contribution in [0.3, 0.4) is 0 Å². The molecule has 1 unspecified atom stereocenters. The standard InChI is InChI=1S/C17H29NO/c1-7-14(18-8-2)12-19-16-10-9-13(3)11-15(16)17(4,5)6/h9-11,14,18H,7-8,12H2,1-6H3. The summed E-state index contributed by atoms with van der Waals surface area (Å²) in [7, 11) is 0. The molecule has 19 heavy (non-hydrogen) atoms. The highest BCUT2D eigenvalue weighted by atomic mass is 16.5. The van der Waals surface area contributed by atoms with Gasteiger partial charge in [-0.1, -0.05) is 52.3 Å². The molecule has 0 aromatic heterocycles. The van der Waals surface area contributed by atoms with Crippen LogP contribution in [0.1, 0.15) is 52.2 Å². The summed E-state index contributed by atoms with van der Waals surface area (Å²) in [6.45, 7) is 14.9. The maximum atomic E-state index is 6.06. The number of ether oxygens (including phenoxy) is 1. The van der Waals surface area contributed by atoms with E-state index in [1.807, 2.05) is 0 Å². The predicted octanol–water partition coefficient (Wildman–Crippen LogP) is 4.06. The number of hydrogen-bond donors (Lipinski definition) is 1. The van der Waals surface area contributed by atoms with E-state index >= 15 is 0 Å². The second kappa shape index (κ2) is 6.95. The van der Waals surface area contributed by atoms with Crippen molar-refractivity contribution in [2.75, 3.05) is 13.2 Å². The molecule has 1 aromatic rings. The van der Waals surface area contributed by atoms with Gasteiger partial charge in [0.2, 0.25) is 0 Å². The van der Waals surface area contributed by atoms with Crippen molar-refractivity contribution in [3.63, 3.8) is 0 Å². The molecule has 0 aliphatic rings. The Hall–Kier alpha value is -1.02. The van der Waals surface area contributed by atoms with E-state index in [1.165, 1.54) is 11.1 Å². The lowest BCUT2D eigenvalue weighted by Crippen LogP contribution is -2.34. The first-order valence-corrected chi connectivity index (χ1v) is 7.35. The van der Waals surface area contributed by atoms with Crippen LogP contribution < -0.4 is 10.1 Å². The third-order valence-corrected chi connectivity index (χ3v) is 3.37. The van der Waals surface area contributed by atoms with Gasteiger partial charge in [-0.25, -0.2) is 0 Å². The van der Waals surface area contributed by atoms with Crippen molar-refractivity contribution in [1.29, 1.82) is 0 Å². The summed E-state index contributed by atoms with van der Waals surface area (Å²) in [5, 5.41) is 3.45. The van der Waals surface area contributed by atoms with Crippen molar-refractivity contribution in [2.24, 2.45) is 0 Å². The molecule has 1 atom stereocenters. The van der Waals surface area contributed by atoms with Crippen molar-refractivity contribution in [3.05, 3.63) is 29.3 Å². The number of likely N-dealkylation sites (N-methyl/N-ethyl adjacent to an activating group) is 1. The van der Waals surface area contributed by atoms with E-state index in [0.717, 1.165) is 25.3 Å². The van der Waals surface area contributed by atoms with Gasteiger partial charge in [0.05, 0.1) is 0 Å². The van der Waals surface area contributed by atoms with Gasteiger partial charge in [-0.2, -0.15) is 0 Å². The van der Waals surface area contributed by atoms with Crippen LogP contribution in [-0.4, -0.2) is 19.2 Å². The fourth-order valence-corrected chi connectivity index (χ4v) is 2.16. The molecule has 1 N–H and O–H groups in total. The van der Waals surface area contributed by atoms with Gasteiger partial charge in [0.1, 0.15) is 12.4 Å². The van der Waals surface area contributed by atoms with E-state index in [0.29, 0.717) is 6.04 Å². The van der Waals surface area contributed by atoms with Crippen molar-refractivity contribution in [2.45, 2.75) is 59.4 Å². The van der Waals surface area contributed by atoms with Crippen LogP contribution in [0.25, 0.3) is 0 Å². The fraction of sp³-hybridized carbons (Fsp3) is 0.647. The molecule has 1 aromatic carbocycles. The summed E-state index contributed by atoms with van der Waals surface area (Å²) in [5.74, 6) is 1.02. The van der Waals surface area contributed by atoms with Gasteiger partial charge in [-0.05, 0) is 36.9 Å². The maximum Gasteiger partial charge on any atom is 0.123 e. The van der Waals surface area contributed by atoms with Crippen LogP contribution in [-0.2, 0) is 5.41 Å². The van der Waals surface area contributed by atoms with E-state index in [4.69, 9.17) is 4.74 Å². The van der Waals surface area contributed by atoms with Crippen molar-refractivity contribution in [3.8, 4) is 5.75 Å². The van der Waals surface area contributed by atoms with E-state index < -0.39 is 0 Å². The SMILES string of the molecule is CCNC(CC)COc1ccc(C)cc1C(C)(C)C.